The number of rotatable bonds is 3. The van der Waals surface area contributed by atoms with E-state index in [0.717, 1.165) is 6.07 Å². The van der Waals surface area contributed by atoms with E-state index in [-0.39, 0.29) is 23.4 Å². The van der Waals surface area contributed by atoms with Crippen molar-refractivity contribution in [3.8, 4) is 6.07 Å². The van der Waals surface area contributed by atoms with Crippen LogP contribution in [-0.4, -0.2) is 16.1 Å². The van der Waals surface area contributed by atoms with Gasteiger partial charge in [0.05, 0.1) is 12.0 Å². The fourth-order valence-electron chi connectivity index (χ4n) is 1.26. The van der Waals surface area contributed by atoms with Crippen molar-refractivity contribution in [2.24, 2.45) is 0 Å². The normalized spacial score (nSPS) is 10.2. The van der Waals surface area contributed by atoms with E-state index >= 15 is 0 Å². The van der Waals surface area contributed by atoms with Gasteiger partial charge in [0.25, 0.3) is 6.43 Å². The summed E-state index contributed by atoms with van der Waals surface area (Å²) in [7, 11) is 0. The molecule has 4 nitrogen and oxygen atoms in total. The molecule has 1 heterocycles. The zero-order valence-electron chi connectivity index (χ0n) is 8.37. The molecule has 6 heteroatoms. The molecular weight excluding hydrogens is 218 g/mol. The molecule has 0 saturated heterocycles. The lowest BCUT2D eigenvalue weighted by atomic mass is 10.1. The molecular formula is C10H8F2N2O2. The Labute approximate surface area is 90.2 Å². The third-order valence-corrected chi connectivity index (χ3v) is 2.03. The van der Waals surface area contributed by atoms with Gasteiger partial charge in [-0.2, -0.15) is 5.26 Å². The third-order valence-electron chi connectivity index (χ3n) is 2.03. The van der Waals surface area contributed by atoms with Gasteiger partial charge in [-0.1, -0.05) is 0 Å². The van der Waals surface area contributed by atoms with Crippen molar-refractivity contribution in [2.75, 3.05) is 0 Å². The number of hydrogen-bond donors (Lipinski definition) is 1. The number of carboxylic acid groups (broad SMARTS) is 1. The molecule has 1 aromatic heterocycles. The van der Waals surface area contributed by atoms with E-state index in [1.807, 2.05) is 0 Å². The highest BCUT2D eigenvalue weighted by atomic mass is 19.3. The zero-order chi connectivity index (χ0) is 12.3. The molecule has 1 N–H and O–H groups in total. The smallest absolute Gasteiger partial charge is 0.307 e. The van der Waals surface area contributed by atoms with Crippen LogP contribution in [0.25, 0.3) is 0 Å². The van der Waals surface area contributed by atoms with Gasteiger partial charge in [0, 0.05) is 5.69 Å². The van der Waals surface area contributed by atoms with Crippen LogP contribution in [0.3, 0.4) is 0 Å². The Balaban J connectivity index is 3.28. The first kappa shape index (κ1) is 12.0. The van der Waals surface area contributed by atoms with E-state index in [2.05, 4.69) is 4.98 Å². The molecule has 16 heavy (non-hydrogen) atoms. The summed E-state index contributed by atoms with van der Waals surface area (Å²) < 4.78 is 25.1. The molecule has 0 aliphatic carbocycles. The highest BCUT2D eigenvalue weighted by Gasteiger charge is 2.17. The lowest BCUT2D eigenvalue weighted by molar-refractivity contribution is -0.136. The van der Waals surface area contributed by atoms with E-state index in [4.69, 9.17) is 10.4 Å². The minimum absolute atomic E-state index is 0.196. The van der Waals surface area contributed by atoms with Crippen LogP contribution in [0.15, 0.2) is 6.07 Å². The van der Waals surface area contributed by atoms with Crippen molar-refractivity contribution in [1.82, 2.24) is 4.98 Å². The first-order valence-electron chi connectivity index (χ1n) is 4.36. The number of nitriles is 1. The summed E-state index contributed by atoms with van der Waals surface area (Å²) in [5, 5.41) is 17.2. The minimum atomic E-state index is -2.84. The largest absolute Gasteiger partial charge is 0.481 e. The maximum atomic E-state index is 12.5. The van der Waals surface area contributed by atoms with Crippen molar-refractivity contribution < 1.29 is 18.7 Å². The van der Waals surface area contributed by atoms with Crippen molar-refractivity contribution in [1.29, 1.82) is 5.26 Å². The summed E-state index contributed by atoms with van der Waals surface area (Å²) >= 11 is 0. The average molecular weight is 226 g/mol. The lowest BCUT2D eigenvalue weighted by Crippen LogP contribution is -2.06. The molecule has 0 aromatic carbocycles. The Bertz CT molecular complexity index is 467. The van der Waals surface area contributed by atoms with Crippen molar-refractivity contribution in [3.05, 3.63) is 28.6 Å². The number of alkyl halides is 2. The van der Waals surface area contributed by atoms with Gasteiger partial charge in [0.15, 0.2) is 0 Å². The van der Waals surface area contributed by atoms with Crippen LogP contribution in [0.1, 0.15) is 28.9 Å². The van der Waals surface area contributed by atoms with Gasteiger partial charge in [-0.3, -0.25) is 4.79 Å². The van der Waals surface area contributed by atoms with Gasteiger partial charge in [-0.15, -0.1) is 0 Å². The molecule has 0 atom stereocenters. The standard InChI is InChI=1S/C10H8F2N2O2/c1-5-6(3-9(15)16)2-7(10(11)12)8(4-13)14-5/h2,10H,3H2,1H3,(H,15,16). The highest BCUT2D eigenvalue weighted by molar-refractivity contribution is 5.70. The Morgan fingerprint density at radius 3 is 2.75 bits per heavy atom. The SMILES string of the molecule is Cc1nc(C#N)c(C(F)F)cc1CC(=O)O. The van der Waals surface area contributed by atoms with Gasteiger partial charge >= 0.3 is 5.97 Å². The van der Waals surface area contributed by atoms with E-state index < -0.39 is 18.0 Å². The number of pyridine rings is 1. The quantitative estimate of drug-likeness (QED) is 0.853. The van der Waals surface area contributed by atoms with Crippen LogP contribution < -0.4 is 0 Å². The van der Waals surface area contributed by atoms with Gasteiger partial charge in [-0.25, -0.2) is 13.8 Å². The Morgan fingerprint density at radius 2 is 2.31 bits per heavy atom. The Morgan fingerprint density at radius 1 is 1.69 bits per heavy atom. The maximum absolute atomic E-state index is 12.5. The zero-order valence-corrected chi connectivity index (χ0v) is 8.37. The molecule has 0 aliphatic rings. The molecule has 1 aromatic rings. The summed E-state index contributed by atoms with van der Waals surface area (Å²) in [4.78, 5) is 14.1. The molecule has 1 rings (SSSR count). The molecule has 0 unspecified atom stereocenters. The van der Waals surface area contributed by atoms with Crippen molar-refractivity contribution in [2.45, 2.75) is 19.8 Å². The number of aromatic nitrogens is 1. The van der Waals surface area contributed by atoms with Crippen LogP contribution in [0.4, 0.5) is 8.78 Å². The number of hydrogen-bond acceptors (Lipinski definition) is 3. The molecule has 0 radical (unpaired) electrons. The van der Waals surface area contributed by atoms with Crippen molar-refractivity contribution in [3.63, 3.8) is 0 Å². The first-order chi connectivity index (χ1) is 7.45. The second-order valence-corrected chi connectivity index (χ2v) is 3.15. The minimum Gasteiger partial charge on any atom is -0.481 e. The van der Waals surface area contributed by atoms with Crippen LogP contribution in [-0.2, 0) is 11.2 Å². The number of nitrogens with zero attached hydrogens (tertiary/aromatic N) is 2. The van der Waals surface area contributed by atoms with E-state index in [1.165, 1.54) is 6.92 Å². The van der Waals surface area contributed by atoms with Gasteiger partial charge in [0.1, 0.15) is 11.8 Å². The fraction of sp³-hybridized carbons (Fsp3) is 0.300. The molecule has 0 bridgehead atoms. The number of halogens is 2. The molecule has 0 saturated carbocycles. The van der Waals surface area contributed by atoms with E-state index in [0.29, 0.717) is 0 Å². The van der Waals surface area contributed by atoms with Gasteiger partial charge < -0.3 is 5.11 Å². The van der Waals surface area contributed by atoms with E-state index in [9.17, 15) is 13.6 Å². The summed E-state index contributed by atoms with van der Waals surface area (Å²) in [6, 6.07) is 2.59. The lowest BCUT2D eigenvalue weighted by Gasteiger charge is -2.07. The number of aryl methyl sites for hydroxylation is 1. The second kappa shape index (κ2) is 4.66. The number of carbonyl (C=O) groups is 1. The molecule has 0 aliphatic heterocycles. The van der Waals surface area contributed by atoms with Gasteiger partial charge in [-0.05, 0) is 18.6 Å². The Kier molecular flexibility index (Phi) is 3.51. The first-order valence-corrected chi connectivity index (χ1v) is 4.36. The van der Waals surface area contributed by atoms with Crippen molar-refractivity contribution >= 4 is 5.97 Å². The summed E-state index contributed by atoms with van der Waals surface area (Å²) in [5.41, 5.74) is -0.406. The van der Waals surface area contributed by atoms with Crippen LogP contribution in [0, 0.1) is 18.3 Å². The monoisotopic (exact) mass is 226 g/mol. The summed E-state index contributed by atoms with van der Waals surface area (Å²) in [6.07, 6.45) is -3.22. The number of aliphatic carboxylic acids is 1. The van der Waals surface area contributed by atoms with Crippen LogP contribution in [0.5, 0.6) is 0 Å². The highest BCUT2D eigenvalue weighted by Crippen LogP contribution is 2.24. The van der Waals surface area contributed by atoms with Crippen LogP contribution >= 0.6 is 0 Å². The van der Waals surface area contributed by atoms with Gasteiger partial charge in [0.2, 0.25) is 0 Å². The van der Waals surface area contributed by atoms with Crippen LogP contribution in [0.2, 0.25) is 0 Å². The van der Waals surface area contributed by atoms with E-state index in [1.54, 1.807) is 6.07 Å². The predicted molar refractivity (Wildman–Crippen MR) is 50.0 cm³/mol. The topological polar surface area (TPSA) is 74.0 Å². The summed E-state index contributed by atoms with van der Waals surface area (Å²) in [6.45, 7) is 1.48. The summed E-state index contributed by atoms with van der Waals surface area (Å²) in [5.74, 6) is -1.13. The molecule has 0 spiro atoms. The second-order valence-electron chi connectivity index (χ2n) is 3.15. The molecule has 84 valence electrons. The molecule has 0 fully saturated rings. The average Bonchev–Trinajstić information content (AvgIpc) is 2.19. The fourth-order valence-corrected chi connectivity index (χ4v) is 1.26. The predicted octanol–water partition coefficient (Wildman–Crippen LogP) is 1.83. The molecule has 0 amide bonds. The number of carboxylic acids is 1. The maximum Gasteiger partial charge on any atom is 0.307 e. The Hall–Kier alpha value is -2.03. The third kappa shape index (κ3) is 2.51.